The lowest BCUT2D eigenvalue weighted by Crippen LogP contribution is -2.48. The van der Waals surface area contributed by atoms with Crippen molar-refractivity contribution in [1.82, 2.24) is 9.21 Å². The fourth-order valence-electron chi connectivity index (χ4n) is 4.39. The first-order chi connectivity index (χ1) is 16.3. The molecule has 2 aromatic rings. The molecular weight excluding hydrogens is 456 g/mol. The number of likely N-dealkylation sites (N-methyl/N-ethyl adjacent to an activating group) is 1. The van der Waals surface area contributed by atoms with Gasteiger partial charge in [-0.2, -0.15) is 4.31 Å². The highest BCUT2D eigenvalue weighted by molar-refractivity contribution is 7.89. The molecule has 0 aromatic heterocycles. The lowest BCUT2D eigenvalue weighted by molar-refractivity contribution is -0.138. The second-order valence-electron chi connectivity index (χ2n) is 8.63. The number of ether oxygens (including phenoxy) is 2. The zero-order valence-corrected chi connectivity index (χ0v) is 20.3. The molecule has 2 aliphatic heterocycles. The Morgan fingerprint density at radius 2 is 1.68 bits per heavy atom. The van der Waals surface area contributed by atoms with Crippen LogP contribution in [-0.4, -0.2) is 68.2 Å². The molecule has 182 valence electrons. The second kappa shape index (κ2) is 10.1. The van der Waals surface area contributed by atoms with Crippen LogP contribution in [-0.2, 0) is 14.8 Å². The van der Waals surface area contributed by atoms with Gasteiger partial charge >= 0.3 is 0 Å². The van der Waals surface area contributed by atoms with Crippen LogP contribution in [0.5, 0.6) is 11.5 Å². The number of ketones is 1. The molecule has 2 heterocycles. The van der Waals surface area contributed by atoms with Gasteiger partial charge in [-0.25, -0.2) is 8.42 Å². The number of Topliss-reactive ketones (excluding diaryl/α,β-unsaturated/α-hetero) is 1. The Labute approximate surface area is 200 Å². The lowest BCUT2D eigenvalue weighted by Gasteiger charge is -2.35. The molecule has 1 unspecified atom stereocenters. The molecule has 0 spiro atoms. The minimum atomic E-state index is -3.67. The van der Waals surface area contributed by atoms with E-state index in [-0.39, 0.29) is 41.7 Å². The summed E-state index contributed by atoms with van der Waals surface area (Å²) in [6, 6.07) is 13.5. The van der Waals surface area contributed by atoms with Crippen molar-refractivity contribution in [1.29, 1.82) is 0 Å². The average molecular weight is 487 g/mol. The van der Waals surface area contributed by atoms with E-state index in [0.29, 0.717) is 49.6 Å². The van der Waals surface area contributed by atoms with Gasteiger partial charge in [-0.15, -0.1) is 0 Å². The summed E-state index contributed by atoms with van der Waals surface area (Å²) in [7, 11) is -3.67. The zero-order chi connectivity index (χ0) is 24.3. The predicted molar refractivity (Wildman–Crippen MR) is 127 cm³/mol. The highest BCUT2D eigenvalue weighted by Crippen LogP contribution is 2.31. The van der Waals surface area contributed by atoms with E-state index in [9.17, 15) is 18.0 Å². The number of amides is 1. The van der Waals surface area contributed by atoms with E-state index in [1.54, 1.807) is 4.90 Å². The molecule has 2 aliphatic rings. The Kier molecular flexibility index (Phi) is 7.23. The molecule has 8 nitrogen and oxygen atoms in total. The summed E-state index contributed by atoms with van der Waals surface area (Å²) in [6.07, 6.45) is 0.674. The molecule has 0 N–H and O–H groups in total. The molecular formula is C25H30N2O6S. The van der Waals surface area contributed by atoms with Gasteiger partial charge in [0.05, 0.1) is 11.4 Å². The Morgan fingerprint density at radius 3 is 2.29 bits per heavy atom. The minimum absolute atomic E-state index is 0.0211. The van der Waals surface area contributed by atoms with Crippen molar-refractivity contribution in [3.8, 4) is 11.5 Å². The number of hydrogen-bond donors (Lipinski definition) is 0. The second-order valence-corrected chi connectivity index (χ2v) is 10.6. The molecule has 0 radical (unpaired) electrons. The molecule has 0 aliphatic carbocycles. The standard InChI is InChI=1S/C25H30N2O6S/c1-3-26(16-21-17-32-23-6-4-5-7-24(23)33-21)25(29)20-12-14-27(15-13-20)34(30,31)22-10-8-19(9-11-22)18(2)28/h4-11,20-21H,3,12-17H2,1-2H3. The van der Waals surface area contributed by atoms with Gasteiger partial charge in [-0.05, 0) is 51.0 Å². The summed E-state index contributed by atoms with van der Waals surface area (Å²) in [5.74, 6) is 1.06. The number of hydrogen-bond acceptors (Lipinski definition) is 6. The fraction of sp³-hybridized carbons (Fsp3) is 0.440. The first-order valence-corrected chi connectivity index (χ1v) is 13.0. The van der Waals surface area contributed by atoms with Gasteiger partial charge in [0.25, 0.3) is 0 Å². The Bertz CT molecular complexity index is 1140. The van der Waals surface area contributed by atoms with Crippen molar-refractivity contribution in [2.24, 2.45) is 5.92 Å². The maximum absolute atomic E-state index is 13.2. The summed E-state index contributed by atoms with van der Waals surface area (Å²) >= 11 is 0. The van der Waals surface area contributed by atoms with Crippen LogP contribution in [0, 0.1) is 5.92 Å². The average Bonchev–Trinajstić information content (AvgIpc) is 2.87. The summed E-state index contributed by atoms with van der Waals surface area (Å²) < 4.78 is 39.2. The Balaban J connectivity index is 1.34. The number of fused-ring (bicyclic) bond motifs is 1. The maximum Gasteiger partial charge on any atom is 0.243 e. The monoisotopic (exact) mass is 486 g/mol. The number of sulfonamides is 1. The van der Waals surface area contributed by atoms with Crippen LogP contribution < -0.4 is 9.47 Å². The molecule has 2 aromatic carbocycles. The zero-order valence-electron chi connectivity index (χ0n) is 19.5. The molecule has 1 saturated heterocycles. The first-order valence-electron chi connectivity index (χ1n) is 11.6. The summed E-state index contributed by atoms with van der Waals surface area (Å²) in [4.78, 5) is 26.6. The summed E-state index contributed by atoms with van der Waals surface area (Å²) in [6.45, 7) is 5.27. The van der Waals surface area contributed by atoms with Gasteiger partial charge in [-0.3, -0.25) is 9.59 Å². The number of para-hydroxylation sites is 2. The number of rotatable bonds is 7. The van der Waals surface area contributed by atoms with E-state index in [1.165, 1.54) is 35.5 Å². The molecule has 4 rings (SSSR count). The van der Waals surface area contributed by atoms with E-state index in [0.717, 1.165) is 0 Å². The Hall–Kier alpha value is -2.91. The van der Waals surface area contributed by atoms with E-state index in [4.69, 9.17) is 9.47 Å². The van der Waals surface area contributed by atoms with Crippen molar-refractivity contribution in [2.75, 3.05) is 32.8 Å². The van der Waals surface area contributed by atoms with Crippen LogP contribution >= 0.6 is 0 Å². The van der Waals surface area contributed by atoms with E-state index in [2.05, 4.69) is 0 Å². The normalized spacial score (nSPS) is 18.9. The lowest BCUT2D eigenvalue weighted by atomic mass is 9.96. The number of piperidine rings is 1. The van der Waals surface area contributed by atoms with Gasteiger partial charge in [0, 0.05) is 31.1 Å². The number of nitrogens with zero attached hydrogens (tertiary/aromatic N) is 2. The van der Waals surface area contributed by atoms with Crippen molar-refractivity contribution in [3.63, 3.8) is 0 Å². The van der Waals surface area contributed by atoms with Crippen LogP contribution in [0.15, 0.2) is 53.4 Å². The third kappa shape index (κ3) is 5.10. The molecule has 0 saturated carbocycles. The van der Waals surface area contributed by atoms with Crippen molar-refractivity contribution < 1.29 is 27.5 Å². The summed E-state index contributed by atoms with van der Waals surface area (Å²) in [5, 5.41) is 0. The third-order valence-electron chi connectivity index (χ3n) is 6.39. The predicted octanol–water partition coefficient (Wildman–Crippen LogP) is 2.98. The van der Waals surface area contributed by atoms with Crippen molar-refractivity contribution in [2.45, 2.75) is 37.7 Å². The van der Waals surface area contributed by atoms with E-state index < -0.39 is 10.0 Å². The van der Waals surface area contributed by atoms with Crippen LogP contribution in [0.3, 0.4) is 0 Å². The van der Waals surface area contributed by atoms with Crippen LogP contribution in [0.4, 0.5) is 0 Å². The van der Waals surface area contributed by atoms with Gasteiger partial charge < -0.3 is 14.4 Å². The number of carbonyl (C=O) groups excluding carboxylic acids is 2. The van der Waals surface area contributed by atoms with E-state index >= 15 is 0 Å². The summed E-state index contributed by atoms with van der Waals surface area (Å²) in [5.41, 5.74) is 0.471. The highest BCUT2D eigenvalue weighted by Gasteiger charge is 2.34. The number of carbonyl (C=O) groups is 2. The van der Waals surface area contributed by atoms with Gasteiger partial charge in [-0.1, -0.05) is 24.3 Å². The number of benzene rings is 2. The fourth-order valence-corrected chi connectivity index (χ4v) is 5.86. The van der Waals surface area contributed by atoms with Crippen LogP contribution in [0.1, 0.15) is 37.0 Å². The van der Waals surface area contributed by atoms with Crippen molar-refractivity contribution >= 4 is 21.7 Å². The molecule has 1 fully saturated rings. The molecule has 0 bridgehead atoms. The highest BCUT2D eigenvalue weighted by atomic mass is 32.2. The SMILES string of the molecule is CCN(CC1COc2ccccc2O1)C(=O)C1CCN(S(=O)(=O)c2ccc(C(C)=O)cc2)CC1. The van der Waals surface area contributed by atoms with Crippen LogP contribution in [0.25, 0.3) is 0 Å². The molecule has 9 heteroatoms. The minimum Gasteiger partial charge on any atom is -0.486 e. The first kappa shape index (κ1) is 24.2. The van der Waals surface area contributed by atoms with Gasteiger partial charge in [0.1, 0.15) is 6.61 Å². The molecule has 34 heavy (non-hydrogen) atoms. The quantitative estimate of drug-likeness (QED) is 0.559. The van der Waals surface area contributed by atoms with Crippen molar-refractivity contribution in [3.05, 3.63) is 54.1 Å². The van der Waals surface area contributed by atoms with Gasteiger partial charge in [0.15, 0.2) is 23.4 Å². The topological polar surface area (TPSA) is 93.2 Å². The van der Waals surface area contributed by atoms with E-state index in [1.807, 2.05) is 31.2 Å². The smallest absolute Gasteiger partial charge is 0.243 e. The third-order valence-corrected chi connectivity index (χ3v) is 8.30. The molecule has 1 amide bonds. The molecule has 1 atom stereocenters. The largest absolute Gasteiger partial charge is 0.486 e. The Morgan fingerprint density at radius 1 is 1.03 bits per heavy atom. The van der Waals surface area contributed by atoms with Gasteiger partial charge in [0.2, 0.25) is 15.9 Å². The maximum atomic E-state index is 13.2. The van der Waals surface area contributed by atoms with Crippen LogP contribution in [0.2, 0.25) is 0 Å².